The Hall–Kier alpha value is -10.1. The molecule has 628 valence electrons. The Morgan fingerprint density at radius 3 is 1.48 bits per heavy atom. The molecule has 4 saturated heterocycles. The van der Waals surface area contributed by atoms with Crippen molar-refractivity contribution in [3.63, 3.8) is 0 Å². The van der Waals surface area contributed by atoms with Crippen LogP contribution in [0.5, 0.6) is 28.7 Å². The molecule has 30 nitrogen and oxygen atoms in total. The van der Waals surface area contributed by atoms with Gasteiger partial charge in [0.1, 0.15) is 48.2 Å². The summed E-state index contributed by atoms with van der Waals surface area (Å²) in [7, 11) is 0.676. The van der Waals surface area contributed by atoms with Gasteiger partial charge in [-0.3, -0.25) is 44.2 Å². The lowest BCUT2D eigenvalue weighted by Crippen LogP contribution is -2.57. The van der Waals surface area contributed by atoms with E-state index in [1.807, 2.05) is 6.92 Å². The molecular weight excluding hydrogens is 1510 g/mol. The molecule has 4 aliphatic rings. The monoisotopic (exact) mass is 1620 g/mol. The fourth-order valence-corrected chi connectivity index (χ4v) is 14.7. The van der Waals surface area contributed by atoms with Gasteiger partial charge in [-0.05, 0) is 137 Å². The molecule has 4 aromatic rings. The maximum atomic E-state index is 15.0. The first-order chi connectivity index (χ1) is 54.3. The SMILES string of the molecule is C=C1C[C@@H](CC)N(C(=O)c2cc(OC)c(OCCCCCOc3cc(NC(=O)OCc4ccc(O[C@@H]5O[C@H](C)[C@@H](C)[C@H](OC(C)=O)[C@H]5OC(C)=O)c(C(=O)O)c4)c(C(=O)N4CC(=C)C[C@H]4CO[Si](C)(C)C(C)(C)C)cc3C)cc2NC(=O)OCc2ccc(O[C@@H]3O[C@H](C)[C@@H](C)[C@H](OC(C)=O)[C@H]3OC(C)=O)c(C(=O)CCCOC)c2)C1. The predicted octanol–water partition coefficient (Wildman–Crippen LogP) is 13.7. The first kappa shape index (κ1) is 90.5. The zero-order valence-electron chi connectivity index (χ0n) is 69.0. The van der Waals surface area contributed by atoms with Crippen molar-refractivity contribution in [2.24, 2.45) is 11.8 Å². The Labute approximate surface area is 672 Å². The maximum Gasteiger partial charge on any atom is 0.411 e. The van der Waals surface area contributed by atoms with Gasteiger partial charge in [0.15, 0.2) is 25.6 Å². The summed E-state index contributed by atoms with van der Waals surface area (Å²) in [5, 5.41) is 15.8. The Morgan fingerprint density at radius 1 is 0.557 bits per heavy atom. The third kappa shape index (κ3) is 24.0. The van der Waals surface area contributed by atoms with Gasteiger partial charge in [0, 0.05) is 90.9 Å². The molecule has 0 unspecified atom stereocenters. The van der Waals surface area contributed by atoms with E-state index in [0.717, 1.165) is 18.1 Å². The van der Waals surface area contributed by atoms with E-state index in [0.29, 0.717) is 68.4 Å². The number of likely N-dealkylation sites (tertiary alicyclic amines) is 2. The van der Waals surface area contributed by atoms with Crippen LogP contribution in [0.2, 0.25) is 18.1 Å². The molecule has 4 heterocycles. The van der Waals surface area contributed by atoms with Gasteiger partial charge in [-0.15, -0.1) is 0 Å². The van der Waals surface area contributed by atoms with E-state index in [2.05, 4.69) is 57.7 Å². The minimum atomic E-state index is -2.27. The van der Waals surface area contributed by atoms with E-state index >= 15 is 0 Å². The summed E-state index contributed by atoms with van der Waals surface area (Å²) >= 11 is 0. The Bertz CT molecular complexity index is 4230. The first-order valence-electron chi connectivity index (χ1n) is 38.7. The zero-order valence-corrected chi connectivity index (χ0v) is 70.0. The van der Waals surface area contributed by atoms with E-state index in [4.69, 9.17) is 70.7 Å². The molecule has 0 radical (unpaired) electrons. The summed E-state index contributed by atoms with van der Waals surface area (Å²) in [6, 6.07) is 14.3. The quantitative estimate of drug-likeness (QED) is 0.00961. The zero-order chi connectivity index (χ0) is 84.5. The average molecular weight is 1620 g/mol. The number of ether oxygens (including phenoxy) is 14. The molecule has 0 spiro atoms. The number of Topliss-reactive ketones (excluding diaryl/α,β-unsaturated/α-hetero) is 1. The highest BCUT2D eigenvalue weighted by molar-refractivity contribution is 6.74. The van der Waals surface area contributed by atoms with Gasteiger partial charge in [0.25, 0.3) is 11.8 Å². The number of ketones is 1. The number of rotatable bonds is 35. The third-order valence-corrected chi connectivity index (χ3v) is 25.7. The molecular formula is C84H112N4O26Si. The minimum Gasteiger partial charge on any atom is -0.493 e. The summed E-state index contributed by atoms with van der Waals surface area (Å²) in [5.41, 5.74) is 2.96. The normalized spacial score (nSPS) is 22.1. The van der Waals surface area contributed by atoms with Crippen molar-refractivity contribution in [2.75, 3.05) is 64.4 Å². The van der Waals surface area contributed by atoms with Crippen molar-refractivity contribution in [3.05, 3.63) is 124 Å². The second-order valence-electron chi connectivity index (χ2n) is 31.1. The smallest absolute Gasteiger partial charge is 0.411 e. The number of carbonyl (C=O) groups excluding carboxylic acids is 9. The Balaban J connectivity index is 0.969. The van der Waals surface area contributed by atoms with Crippen LogP contribution in [-0.4, -0.2) is 198 Å². The van der Waals surface area contributed by atoms with Gasteiger partial charge in [-0.1, -0.05) is 78.0 Å². The lowest BCUT2D eigenvalue weighted by Gasteiger charge is -2.43. The highest BCUT2D eigenvalue weighted by Crippen LogP contribution is 2.42. The summed E-state index contributed by atoms with van der Waals surface area (Å²) < 4.78 is 88.8. The molecule has 3 N–H and O–H groups in total. The third-order valence-electron chi connectivity index (χ3n) is 21.2. The van der Waals surface area contributed by atoms with Crippen LogP contribution in [0.15, 0.2) is 85.0 Å². The lowest BCUT2D eigenvalue weighted by molar-refractivity contribution is -0.263. The maximum absolute atomic E-state index is 15.0. The van der Waals surface area contributed by atoms with Crippen molar-refractivity contribution in [2.45, 2.75) is 234 Å². The molecule has 4 amide bonds. The van der Waals surface area contributed by atoms with E-state index in [-0.39, 0.29) is 131 Å². The molecule has 0 saturated carbocycles. The van der Waals surface area contributed by atoms with Crippen molar-refractivity contribution < 1.29 is 124 Å². The molecule has 8 rings (SSSR count). The minimum absolute atomic E-state index is 0.0406. The first-order valence-corrected chi connectivity index (χ1v) is 41.7. The van der Waals surface area contributed by atoms with Crippen LogP contribution < -0.4 is 34.3 Å². The highest BCUT2D eigenvalue weighted by Gasteiger charge is 2.50. The number of amides is 4. The second-order valence-corrected chi connectivity index (χ2v) is 35.9. The fraction of sp³-hybridized carbons (Fsp3) is 0.548. The molecule has 0 aromatic heterocycles. The number of carboxylic acid groups (broad SMARTS) is 1. The van der Waals surface area contributed by atoms with E-state index in [9.17, 15) is 53.1 Å². The van der Waals surface area contributed by atoms with Crippen molar-refractivity contribution in [1.82, 2.24) is 9.80 Å². The predicted molar refractivity (Wildman–Crippen MR) is 423 cm³/mol. The van der Waals surface area contributed by atoms with Crippen LogP contribution in [0.4, 0.5) is 21.0 Å². The molecule has 0 bridgehead atoms. The topological polar surface area (TPSA) is 360 Å². The largest absolute Gasteiger partial charge is 0.493 e. The standard InChI is InChI=1S/C84H112N4O26Si/c1-20-59-33-46(2)41-87(59)78(95)62-38-71(101-17)72(40-66(62)86-83(99)104-43-57-26-28-68(63(36-57)67(93)25-24-30-100-16)113-80-75(111-55(11)91)73(109-53(9)89)49(5)51(7)107-80)103-32-23-21-22-31-102-70-39-65(61(35-48(70)4)77(94)88-42-47(3)34-60(88)45-106-115(18,19)84(13,14)15)85-82(98)105-44-58-27-29-69(64(37-58)79(96)97)114-81-76(112-56(12)92)74(110-54(10)90)50(6)52(8)108-81/h26-29,35-40,49-52,59-60,73-76,80-81H,2-3,20-25,30-34,41-45H2,1,4-19H3,(H,85,98)(H,86,99)(H,96,97)/t49-,50-,51-,52-,59-,60+,73+,74+,75-,76-,80+,81+/m1/s1. The van der Waals surface area contributed by atoms with E-state index in [1.165, 1.54) is 77.5 Å². The summed E-state index contributed by atoms with van der Waals surface area (Å²) in [5.74, 6) is -5.45. The molecule has 31 heteroatoms. The molecule has 4 aromatic carbocycles. The van der Waals surface area contributed by atoms with Gasteiger partial charge < -0.3 is 85.6 Å². The van der Waals surface area contributed by atoms with E-state index in [1.54, 1.807) is 62.6 Å². The number of hydrogen-bond donors (Lipinski definition) is 3. The van der Waals surface area contributed by atoms with Crippen LogP contribution in [0, 0.1) is 18.8 Å². The molecule has 12 atom stereocenters. The Kier molecular flexibility index (Phi) is 31.8. The van der Waals surface area contributed by atoms with Gasteiger partial charge >= 0.3 is 42.0 Å². The van der Waals surface area contributed by atoms with Crippen LogP contribution in [0.1, 0.15) is 193 Å². The highest BCUT2D eigenvalue weighted by atomic mass is 28.4. The van der Waals surface area contributed by atoms with Crippen molar-refractivity contribution >= 4 is 79.3 Å². The average Bonchev–Trinajstić information content (AvgIpc) is 1.69. The van der Waals surface area contributed by atoms with Crippen LogP contribution in [0.3, 0.4) is 0 Å². The van der Waals surface area contributed by atoms with Gasteiger partial charge in [-0.2, -0.15) is 0 Å². The number of carbonyl (C=O) groups is 10. The Morgan fingerprint density at radius 2 is 1.01 bits per heavy atom. The summed E-state index contributed by atoms with van der Waals surface area (Å²) in [4.78, 5) is 137. The van der Waals surface area contributed by atoms with Crippen molar-refractivity contribution in [1.29, 1.82) is 0 Å². The lowest BCUT2D eigenvalue weighted by atomic mass is 9.91. The van der Waals surface area contributed by atoms with E-state index < -0.39 is 130 Å². The van der Waals surface area contributed by atoms with Crippen LogP contribution >= 0.6 is 0 Å². The number of nitrogens with zero attached hydrogens (tertiary/aromatic N) is 2. The molecule has 115 heavy (non-hydrogen) atoms. The number of hydrogen-bond acceptors (Lipinski definition) is 25. The summed E-state index contributed by atoms with van der Waals surface area (Å²) in [6.45, 7) is 35.2. The van der Waals surface area contributed by atoms with Crippen LogP contribution in [0.25, 0.3) is 0 Å². The van der Waals surface area contributed by atoms with Crippen molar-refractivity contribution in [3.8, 4) is 28.7 Å². The number of carboxylic acids is 1. The van der Waals surface area contributed by atoms with Gasteiger partial charge in [0.05, 0.1) is 73.2 Å². The van der Waals surface area contributed by atoms with Gasteiger partial charge in [0.2, 0.25) is 24.8 Å². The number of aromatic carboxylic acids is 1. The van der Waals surface area contributed by atoms with Crippen LogP contribution in [-0.2, 0) is 79.4 Å². The summed E-state index contributed by atoms with van der Waals surface area (Å²) in [6.07, 6.45) is -6.51. The number of esters is 4. The number of anilines is 2. The molecule has 4 fully saturated rings. The van der Waals surface area contributed by atoms with Gasteiger partial charge in [-0.25, -0.2) is 14.4 Å². The number of aryl methyl sites for hydroxylation is 1. The number of methoxy groups -OCH3 is 2. The number of nitrogens with one attached hydrogen (secondary N) is 2. The molecule has 4 aliphatic heterocycles. The number of benzene rings is 4. The fourth-order valence-electron chi connectivity index (χ4n) is 13.7. The second kappa shape index (κ2) is 40.5. The number of unbranched alkanes of at least 4 members (excludes halogenated alkanes) is 2. The molecule has 0 aliphatic carbocycles.